The lowest BCUT2D eigenvalue weighted by Gasteiger charge is -2.13. The number of nitrogens with one attached hydrogen (secondary N) is 1. The van der Waals surface area contributed by atoms with Crippen LogP contribution in [-0.2, 0) is 11.3 Å². The molecule has 4 nitrogen and oxygen atoms in total. The van der Waals surface area contributed by atoms with Gasteiger partial charge in [-0.15, -0.1) is 0 Å². The normalized spacial score (nSPS) is 12.7. The third kappa shape index (κ3) is 6.15. The van der Waals surface area contributed by atoms with Crippen molar-refractivity contribution in [2.45, 2.75) is 25.8 Å². The van der Waals surface area contributed by atoms with Crippen molar-refractivity contribution in [3.05, 3.63) is 35.9 Å². The number of Topliss-reactive ketones (excluding diaryl/α,β-unsaturated/α-hetero) is 1. The average molecular weight is 249 g/mol. The SMILES string of the molecule is C[NH+](CCCCC(=O)/C=N\O)Cc1ccccc1. The third-order valence-corrected chi connectivity index (χ3v) is 2.83. The first-order valence-electron chi connectivity index (χ1n) is 6.28. The van der Waals surface area contributed by atoms with E-state index in [1.807, 2.05) is 6.07 Å². The Labute approximate surface area is 108 Å². The number of rotatable bonds is 8. The van der Waals surface area contributed by atoms with Crippen LogP contribution < -0.4 is 4.90 Å². The molecule has 2 N–H and O–H groups in total. The number of carbonyl (C=O) groups excluding carboxylic acids is 1. The zero-order chi connectivity index (χ0) is 13.2. The molecule has 0 aliphatic rings. The first-order valence-corrected chi connectivity index (χ1v) is 6.28. The summed E-state index contributed by atoms with van der Waals surface area (Å²) < 4.78 is 0. The topological polar surface area (TPSA) is 54.1 Å². The molecule has 0 aromatic heterocycles. The molecule has 1 atom stereocenters. The molecule has 0 saturated heterocycles. The lowest BCUT2D eigenvalue weighted by Crippen LogP contribution is -3.07. The van der Waals surface area contributed by atoms with E-state index in [2.05, 4.69) is 36.5 Å². The van der Waals surface area contributed by atoms with Crippen molar-refractivity contribution in [2.75, 3.05) is 13.6 Å². The van der Waals surface area contributed by atoms with E-state index in [1.165, 1.54) is 10.5 Å². The Balaban J connectivity index is 2.14. The van der Waals surface area contributed by atoms with Gasteiger partial charge in [0.25, 0.3) is 0 Å². The van der Waals surface area contributed by atoms with E-state index in [-0.39, 0.29) is 5.78 Å². The Bertz CT molecular complexity index is 377. The summed E-state index contributed by atoms with van der Waals surface area (Å²) in [6.07, 6.45) is 3.28. The highest BCUT2D eigenvalue weighted by molar-refractivity contribution is 6.27. The number of ketones is 1. The third-order valence-electron chi connectivity index (χ3n) is 2.83. The Morgan fingerprint density at radius 3 is 2.72 bits per heavy atom. The maximum absolute atomic E-state index is 11.1. The molecule has 1 aromatic rings. The van der Waals surface area contributed by atoms with Gasteiger partial charge in [-0.25, -0.2) is 0 Å². The van der Waals surface area contributed by atoms with Gasteiger partial charge in [0, 0.05) is 12.0 Å². The molecule has 0 amide bonds. The van der Waals surface area contributed by atoms with E-state index in [0.717, 1.165) is 32.1 Å². The maximum Gasteiger partial charge on any atom is 0.177 e. The second-order valence-corrected chi connectivity index (χ2v) is 4.54. The summed E-state index contributed by atoms with van der Waals surface area (Å²) in [7, 11) is 2.16. The van der Waals surface area contributed by atoms with Crippen molar-refractivity contribution < 1.29 is 14.9 Å². The van der Waals surface area contributed by atoms with Gasteiger partial charge in [0.2, 0.25) is 0 Å². The summed E-state index contributed by atoms with van der Waals surface area (Å²) in [6.45, 7) is 2.05. The van der Waals surface area contributed by atoms with Crippen LogP contribution in [0, 0.1) is 0 Å². The van der Waals surface area contributed by atoms with Crippen molar-refractivity contribution in [1.29, 1.82) is 0 Å². The van der Waals surface area contributed by atoms with Crippen LogP contribution in [0.4, 0.5) is 0 Å². The van der Waals surface area contributed by atoms with E-state index in [9.17, 15) is 4.79 Å². The van der Waals surface area contributed by atoms with Crippen molar-refractivity contribution in [1.82, 2.24) is 0 Å². The summed E-state index contributed by atoms with van der Waals surface area (Å²) in [6, 6.07) is 10.4. The number of carbonyl (C=O) groups is 1. The summed E-state index contributed by atoms with van der Waals surface area (Å²) in [5, 5.41) is 10.9. The molecule has 1 rings (SSSR count). The number of oxime groups is 1. The predicted octanol–water partition coefficient (Wildman–Crippen LogP) is 0.901. The molecular formula is C14H21N2O2+. The summed E-state index contributed by atoms with van der Waals surface area (Å²) >= 11 is 0. The minimum atomic E-state index is -0.113. The number of benzene rings is 1. The fourth-order valence-corrected chi connectivity index (χ4v) is 1.89. The molecule has 0 heterocycles. The summed E-state index contributed by atoms with van der Waals surface area (Å²) in [4.78, 5) is 12.5. The van der Waals surface area contributed by atoms with Crippen molar-refractivity contribution >= 4 is 12.0 Å². The van der Waals surface area contributed by atoms with Crippen LogP contribution in [0.1, 0.15) is 24.8 Å². The molecule has 0 saturated carbocycles. The zero-order valence-corrected chi connectivity index (χ0v) is 10.8. The van der Waals surface area contributed by atoms with Crippen LogP contribution in [-0.4, -0.2) is 30.8 Å². The number of hydrogen-bond acceptors (Lipinski definition) is 3. The molecule has 0 radical (unpaired) electrons. The van der Waals surface area contributed by atoms with Gasteiger partial charge in [0.15, 0.2) is 5.78 Å². The van der Waals surface area contributed by atoms with Crippen LogP contribution in [0.5, 0.6) is 0 Å². The lowest BCUT2D eigenvalue weighted by molar-refractivity contribution is -0.894. The predicted molar refractivity (Wildman–Crippen MR) is 71.0 cm³/mol. The van der Waals surface area contributed by atoms with Crippen LogP contribution >= 0.6 is 0 Å². The van der Waals surface area contributed by atoms with Gasteiger partial charge in [-0.1, -0.05) is 35.5 Å². The monoisotopic (exact) mass is 249 g/mol. The maximum atomic E-state index is 11.1. The van der Waals surface area contributed by atoms with E-state index in [4.69, 9.17) is 5.21 Å². The Morgan fingerprint density at radius 1 is 1.33 bits per heavy atom. The van der Waals surface area contributed by atoms with Crippen molar-refractivity contribution in [2.24, 2.45) is 5.16 Å². The first-order chi connectivity index (χ1) is 8.72. The molecule has 0 aliphatic heterocycles. The molecule has 0 aliphatic carbocycles. The second-order valence-electron chi connectivity index (χ2n) is 4.54. The van der Waals surface area contributed by atoms with Gasteiger partial charge >= 0.3 is 0 Å². The number of quaternary nitrogens is 1. The highest BCUT2D eigenvalue weighted by Crippen LogP contribution is 1.96. The van der Waals surface area contributed by atoms with E-state index >= 15 is 0 Å². The van der Waals surface area contributed by atoms with E-state index in [1.54, 1.807) is 0 Å². The van der Waals surface area contributed by atoms with Gasteiger partial charge in [-0.3, -0.25) is 4.79 Å². The van der Waals surface area contributed by atoms with Gasteiger partial charge in [-0.05, 0) is 12.8 Å². The minimum absolute atomic E-state index is 0.113. The molecule has 0 spiro atoms. The molecule has 0 bridgehead atoms. The summed E-state index contributed by atoms with van der Waals surface area (Å²) in [5.74, 6) is -0.113. The average Bonchev–Trinajstić information content (AvgIpc) is 2.36. The van der Waals surface area contributed by atoms with E-state index in [0.29, 0.717) is 6.42 Å². The molecule has 0 fully saturated rings. The largest absolute Gasteiger partial charge is 0.411 e. The molecule has 1 aromatic carbocycles. The quantitative estimate of drug-likeness (QED) is 0.311. The van der Waals surface area contributed by atoms with Crippen LogP contribution in [0.2, 0.25) is 0 Å². The second kappa shape index (κ2) is 8.42. The van der Waals surface area contributed by atoms with Crippen molar-refractivity contribution in [3.63, 3.8) is 0 Å². The molecule has 4 heteroatoms. The Kier molecular flexibility index (Phi) is 6.72. The van der Waals surface area contributed by atoms with Gasteiger partial charge in [0.05, 0.1) is 13.6 Å². The van der Waals surface area contributed by atoms with Crippen molar-refractivity contribution in [3.8, 4) is 0 Å². The Morgan fingerprint density at radius 2 is 2.06 bits per heavy atom. The molecule has 18 heavy (non-hydrogen) atoms. The van der Waals surface area contributed by atoms with Gasteiger partial charge < -0.3 is 10.1 Å². The Hall–Kier alpha value is -1.68. The van der Waals surface area contributed by atoms with Gasteiger partial charge in [0.1, 0.15) is 12.8 Å². The minimum Gasteiger partial charge on any atom is -0.411 e. The van der Waals surface area contributed by atoms with Crippen LogP contribution in [0.3, 0.4) is 0 Å². The molecule has 98 valence electrons. The number of unbranched alkanes of at least 4 members (excludes halogenated alkanes) is 1. The highest BCUT2D eigenvalue weighted by atomic mass is 16.4. The fraction of sp³-hybridized carbons (Fsp3) is 0.429. The molecule has 1 unspecified atom stereocenters. The van der Waals surface area contributed by atoms with Crippen LogP contribution in [0.25, 0.3) is 0 Å². The van der Waals surface area contributed by atoms with Gasteiger partial charge in [-0.2, -0.15) is 0 Å². The highest BCUT2D eigenvalue weighted by Gasteiger charge is 2.04. The van der Waals surface area contributed by atoms with Crippen LogP contribution in [0.15, 0.2) is 35.5 Å². The fourth-order valence-electron chi connectivity index (χ4n) is 1.89. The zero-order valence-electron chi connectivity index (χ0n) is 10.8. The van der Waals surface area contributed by atoms with E-state index < -0.39 is 0 Å². The smallest absolute Gasteiger partial charge is 0.177 e. The lowest BCUT2D eigenvalue weighted by atomic mass is 10.1. The standard InChI is InChI=1S/C14H20N2O2/c1-16(12-13-7-3-2-4-8-13)10-6-5-9-14(17)11-15-18/h2-4,7-8,11,18H,5-6,9-10,12H2,1H3/p+1/b15-11-. The number of hydrogen-bond donors (Lipinski definition) is 2. The molecular weight excluding hydrogens is 228 g/mol. The first kappa shape index (κ1) is 14.4. The number of nitrogens with zero attached hydrogens (tertiary/aromatic N) is 1. The summed E-state index contributed by atoms with van der Waals surface area (Å²) in [5.41, 5.74) is 1.33.